The first-order valence-electron chi connectivity index (χ1n) is 10.9. The van der Waals surface area contributed by atoms with Crippen molar-refractivity contribution in [2.45, 2.75) is 0 Å². The summed E-state index contributed by atoms with van der Waals surface area (Å²) in [5, 5.41) is 4.19. The first-order chi connectivity index (χ1) is 16.9. The predicted molar refractivity (Wildman–Crippen MR) is 150 cm³/mol. The second-order valence-corrected chi connectivity index (χ2v) is 9.14. The summed E-state index contributed by atoms with van der Waals surface area (Å²) in [4.78, 5) is 7.25. The molecule has 4 heteroatoms. The summed E-state index contributed by atoms with van der Waals surface area (Å²) in [5.74, 6) is 0. The number of hydrogen-bond donors (Lipinski definition) is 0. The molecule has 4 aromatic rings. The van der Waals surface area contributed by atoms with Gasteiger partial charge in [0.25, 0.3) is 0 Å². The Morgan fingerprint density at radius 2 is 0.743 bits per heavy atom. The molecule has 6 radical (unpaired) electrons. The number of benzene rings is 4. The van der Waals surface area contributed by atoms with E-state index in [1.54, 1.807) is 0 Å². The van der Waals surface area contributed by atoms with Crippen molar-refractivity contribution in [2.24, 2.45) is 0 Å². The second kappa shape index (κ2) is 19.6. The van der Waals surface area contributed by atoms with Crippen molar-refractivity contribution in [1.29, 1.82) is 0 Å². The third kappa shape index (κ3) is 11.5. The first-order valence-corrected chi connectivity index (χ1v) is 12.2. The molecule has 176 valence electrons. The van der Waals surface area contributed by atoms with Gasteiger partial charge in [0.1, 0.15) is 0 Å². The molecule has 2 nitrogen and oxygen atoms in total. The second-order valence-electron chi connectivity index (χ2n) is 6.92. The average molecular weight is 648 g/mol. The van der Waals surface area contributed by atoms with Gasteiger partial charge in [-0.05, 0) is 61.5 Å². The molecule has 1 fully saturated rings. The molecule has 0 spiro atoms. The SMILES string of the molecule is C=Cc1ccccc1.[CH]1[CH][CH][CH][CH]1.[N-]=O.[Re].c1ccc(P(c2ccccc2)c2ccccc2)cc1. The van der Waals surface area contributed by atoms with Crippen molar-refractivity contribution >= 4 is 29.9 Å². The van der Waals surface area contributed by atoms with Crippen LogP contribution in [0.4, 0.5) is 0 Å². The summed E-state index contributed by atoms with van der Waals surface area (Å²) < 4.78 is 0. The van der Waals surface area contributed by atoms with Crippen LogP contribution in [0.25, 0.3) is 11.7 Å². The maximum Gasteiger partial charge on any atom is 0 e. The largest absolute Gasteiger partial charge is 0.577 e. The van der Waals surface area contributed by atoms with E-state index in [-0.39, 0.29) is 20.4 Å². The zero-order valence-corrected chi connectivity index (χ0v) is 23.0. The fourth-order valence-electron chi connectivity index (χ4n) is 3.09. The third-order valence-corrected chi connectivity index (χ3v) is 7.08. The van der Waals surface area contributed by atoms with Gasteiger partial charge in [0, 0.05) is 20.4 Å². The van der Waals surface area contributed by atoms with Gasteiger partial charge in [0.05, 0.1) is 0 Å². The molecule has 0 atom stereocenters. The van der Waals surface area contributed by atoms with Gasteiger partial charge in [0.15, 0.2) is 0 Å². The van der Waals surface area contributed by atoms with Gasteiger partial charge in [-0.1, -0.05) is 134 Å². The quantitative estimate of drug-likeness (QED) is 0.218. The zero-order valence-electron chi connectivity index (χ0n) is 19.4. The standard InChI is InChI=1S/C18H15P.C8H8.C5H5.NO.Re/c1-4-10-16(11-5-1)19(17-12-6-2-7-13-17)18-14-8-3-9-15-18;1-2-8-6-4-3-5-7-8;1-2-4-5-3-1;1-2;/h1-15H;2-7H,1H2;1-5H;;/q;;;-1;. The molecule has 5 rings (SSSR count). The van der Waals surface area contributed by atoms with Gasteiger partial charge in [-0.15, -0.1) is 0 Å². The fraction of sp³-hybridized carbons (Fsp3) is 0. The van der Waals surface area contributed by atoms with Gasteiger partial charge < -0.3 is 10.5 Å². The van der Waals surface area contributed by atoms with Crippen LogP contribution in [0.5, 0.6) is 0 Å². The van der Waals surface area contributed by atoms with Crippen molar-refractivity contribution in [3.05, 3.63) is 176 Å². The molecule has 0 heterocycles. The van der Waals surface area contributed by atoms with E-state index >= 15 is 0 Å². The summed E-state index contributed by atoms with van der Waals surface area (Å²) in [5.41, 5.74) is 6.92. The molecule has 0 aromatic heterocycles. The number of rotatable bonds is 4. The number of hydrogen-bond acceptors (Lipinski definition) is 1. The van der Waals surface area contributed by atoms with E-state index in [1.165, 1.54) is 21.5 Å². The molecule has 0 unspecified atom stereocenters. The molecule has 0 bridgehead atoms. The van der Waals surface area contributed by atoms with Crippen LogP contribution in [0.1, 0.15) is 5.56 Å². The van der Waals surface area contributed by atoms with E-state index in [0.29, 0.717) is 0 Å². The normalized spacial score (nSPS) is 11.2. The van der Waals surface area contributed by atoms with Crippen LogP contribution < -0.4 is 15.9 Å². The van der Waals surface area contributed by atoms with Crippen LogP contribution in [0.2, 0.25) is 0 Å². The minimum absolute atomic E-state index is 0. The third-order valence-electron chi connectivity index (χ3n) is 4.63. The van der Waals surface area contributed by atoms with Crippen LogP contribution in [0.3, 0.4) is 0 Å². The van der Waals surface area contributed by atoms with E-state index in [9.17, 15) is 0 Å². The number of nitrogens with zero attached hydrogens (tertiary/aromatic N) is 1. The maximum atomic E-state index is 7.25. The maximum absolute atomic E-state index is 7.25. The van der Waals surface area contributed by atoms with E-state index in [4.69, 9.17) is 10.5 Å². The Morgan fingerprint density at radius 1 is 0.486 bits per heavy atom. The topological polar surface area (TPSA) is 39.4 Å². The van der Waals surface area contributed by atoms with E-state index < -0.39 is 7.92 Å². The van der Waals surface area contributed by atoms with E-state index in [0.717, 1.165) is 0 Å². The van der Waals surface area contributed by atoms with Crippen LogP contribution in [-0.4, -0.2) is 0 Å². The van der Waals surface area contributed by atoms with Crippen LogP contribution in [0.15, 0.2) is 128 Å². The molecule has 1 aliphatic rings. The minimum atomic E-state index is -0.446. The fourth-order valence-corrected chi connectivity index (χ4v) is 5.39. The van der Waals surface area contributed by atoms with Crippen molar-refractivity contribution in [2.75, 3.05) is 0 Å². The Labute approximate surface area is 225 Å². The molecular weight excluding hydrogens is 620 g/mol. The Hall–Kier alpha value is -2.69. The smallest absolute Gasteiger partial charge is 0 e. The Kier molecular flexibility index (Phi) is 17.0. The van der Waals surface area contributed by atoms with Crippen molar-refractivity contribution in [1.82, 2.24) is 0 Å². The molecule has 0 aliphatic heterocycles. The molecule has 0 saturated heterocycles. The summed E-state index contributed by atoms with van der Waals surface area (Å²) >= 11 is 0. The first kappa shape index (κ1) is 30.3. The Bertz CT molecular complexity index is 925. The summed E-state index contributed by atoms with van der Waals surface area (Å²) in [7, 11) is -0.446. The summed E-state index contributed by atoms with van der Waals surface area (Å²) in [6.45, 7) is 3.63. The van der Waals surface area contributed by atoms with Crippen LogP contribution in [-0.2, 0) is 20.4 Å². The van der Waals surface area contributed by atoms with Crippen LogP contribution in [0, 0.1) is 37.0 Å². The molecule has 35 heavy (non-hydrogen) atoms. The molecule has 1 saturated carbocycles. The molecule has 4 aromatic carbocycles. The van der Waals surface area contributed by atoms with E-state index in [1.807, 2.05) is 68.5 Å². The average Bonchev–Trinajstić information content (AvgIpc) is 3.53. The molecular formula is C31H28NOPRe-. The molecule has 0 N–H and O–H groups in total. The molecule has 0 amide bonds. The summed E-state index contributed by atoms with van der Waals surface area (Å²) in [6.07, 6.45) is 11.8. The Morgan fingerprint density at radius 3 is 0.971 bits per heavy atom. The van der Waals surface area contributed by atoms with E-state index in [2.05, 4.69) is 97.6 Å². The van der Waals surface area contributed by atoms with Gasteiger partial charge in [-0.25, -0.2) is 0 Å². The van der Waals surface area contributed by atoms with Crippen molar-refractivity contribution in [3.8, 4) is 0 Å². The molecule has 1 aliphatic carbocycles. The Balaban J connectivity index is 0.000000316. The van der Waals surface area contributed by atoms with Gasteiger partial charge in [0.2, 0.25) is 0 Å². The minimum Gasteiger partial charge on any atom is -0.577 e. The zero-order chi connectivity index (χ0) is 24.3. The van der Waals surface area contributed by atoms with Crippen molar-refractivity contribution < 1.29 is 20.4 Å². The van der Waals surface area contributed by atoms with Crippen LogP contribution >= 0.6 is 7.92 Å². The van der Waals surface area contributed by atoms with Gasteiger partial charge >= 0.3 is 0 Å². The number of nitroso groups, excluding NO2 is 1. The van der Waals surface area contributed by atoms with Crippen molar-refractivity contribution in [3.63, 3.8) is 0 Å². The van der Waals surface area contributed by atoms with Gasteiger partial charge in [-0.2, -0.15) is 0 Å². The monoisotopic (exact) mass is 648 g/mol. The summed E-state index contributed by atoms with van der Waals surface area (Å²) in [6, 6.07) is 42.4. The van der Waals surface area contributed by atoms with Gasteiger partial charge in [-0.3, -0.25) is 0 Å². The predicted octanol–water partition coefficient (Wildman–Crippen LogP) is 7.12.